The number of hydrogen-bond acceptors (Lipinski definition) is 16. The standard InChI is InChI=1S/C46H59N4O14P/c1-28(2)50(29(3)4)65(61-22-10-21-47)64-36-23-39(49-24-30(43(55)48-45(49)56)26-59-44-42(54)41(53)40(52)37(25-51)63-44)62-38(36)27-60-46(31-11-8-7-9-12-31,32-13-17-34(57-5)18-14-32)33-15-19-35(58-6)20-16-33/h7-9,11-20,24,28-29,36-42,44,51-54H,10,22-23,25-27H2,1-6H3,(H,48,55,56)/t36-,37+,38+,39+,40+,41-,42+,44+,65?/m0/s1. The molecule has 5 N–H and O–H groups in total. The molecule has 3 aromatic carbocycles. The Labute approximate surface area is 378 Å². The van der Waals surface area contributed by atoms with E-state index in [4.69, 9.17) is 37.5 Å². The molecule has 19 heteroatoms. The zero-order valence-electron chi connectivity index (χ0n) is 37.3. The summed E-state index contributed by atoms with van der Waals surface area (Å²) in [7, 11) is 1.38. The molecule has 2 aliphatic rings. The van der Waals surface area contributed by atoms with Crippen molar-refractivity contribution < 1.29 is 57.9 Å². The molecule has 9 atom stereocenters. The third-order valence-electron chi connectivity index (χ3n) is 11.3. The van der Waals surface area contributed by atoms with E-state index >= 15 is 0 Å². The molecule has 0 amide bonds. The Balaban J connectivity index is 1.40. The van der Waals surface area contributed by atoms with Crippen molar-refractivity contribution in [2.75, 3.05) is 34.0 Å². The Morgan fingerprint density at radius 2 is 1.46 bits per heavy atom. The zero-order chi connectivity index (χ0) is 46.8. The first-order valence-electron chi connectivity index (χ1n) is 21.4. The van der Waals surface area contributed by atoms with E-state index < -0.39 is 87.7 Å². The lowest BCUT2D eigenvalue weighted by Gasteiger charge is -2.39. The maximum absolute atomic E-state index is 13.7. The van der Waals surface area contributed by atoms with Crippen LogP contribution in [0.5, 0.6) is 11.5 Å². The van der Waals surface area contributed by atoms with Crippen molar-refractivity contribution in [2.24, 2.45) is 0 Å². The summed E-state index contributed by atoms with van der Waals surface area (Å²) in [6.45, 7) is 6.92. The second kappa shape index (κ2) is 22.7. The lowest BCUT2D eigenvalue weighted by atomic mass is 9.80. The number of nitrogens with one attached hydrogen (secondary N) is 1. The molecule has 6 rings (SSSR count). The molecule has 0 aliphatic carbocycles. The van der Waals surface area contributed by atoms with Crippen molar-refractivity contribution in [1.29, 1.82) is 5.26 Å². The highest BCUT2D eigenvalue weighted by atomic mass is 31.2. The van der Waals surface area contributed by atoms with E-state index in [2.05, 4.69) is 15.7 Å². The van der Waals surface area contributed by atoms with Crippen molar-refractivity contribution in [3.05, 3.63) is 128 Å². The average Bonchev–Trinajstić information content (AvgIpc) is 3.70. The molecule has 1 unspecified atom stereocenters. The summed E-state index contributed by atoms with van der Waals surface area (Å²) in [4.78, 5) is 29.1. The Kier molecular flexibility index (Phi) is 17.4. The van der Waals surface area contributed by atoms with Gasteiger partial charge in [-0.1, -0.05) is 54.6 Å². The first kappa shape index (κ1) is 49.8. The first-order valence-corrected chi connectivity index (χ1v) is 22.5. The maximum atomic E-state index is 13.7. The summed E-state index contributed by atoms with van der Waals surface area (Å²) >= 11 is 0. The smallest absolute Gasteiger partial charge is 0.330 e. The van der Waals surface area contributed by atoms with Crippen LogP contribution in [-0.4, -0.2) is 124 Å². The molecule has 4 aromatic rings. The predicted octanol–water partition coefficient (Wildman–Crippen LogP) is 3.83. The predicted molar refractivity (Wildman–Crippen MR) is 237 cm³/mol. The normalized spacial score (nSPS) is 24.1. The van der Waals surface area contributed by atoms with Gasteiger partial charge in [0, 0.05) is 24.7 Å². The van der Waals surface area contributed by atoms with Crippen LogP contribution in [0.1, 0.15) is 69.0 Å². The third-order valence-corrected chi connectivity index (χ3v) is 13.5. The van der Waals surface area contributed by atoms with Crippen molar-refractivity contribution in [3.63, 3.8) is 0 Å². The molecule has 0 bridgehead atoms. The van der Waals surface area contributed by atoms with E-state index in [1.807, 2.05) is 107 Å². The van der Waals surface area contributed by atoms with E-state index in [0.717, 1.165) is 16.7 Å². The van der Waals surface area contributed by atoms with Crippen molar-refractivity contribution in [3.8, 4) is 17.6 Å². The number of H-pyrrole nitrogens is 1. The Morgan fingerprint density at radius 3 is 2.02 bits per heavy atom. The van der Waals surface area contributed by atoms with Gasteiger partial charge in [-0.05, 0) is 68.7 Å². The lowest BCUT2D eigenvalue weighted by molar-refractivity contribution is -0.304. The van der Waals surface area contributed by atoms with Crippen LogP contribution in [0.25, 0.3) is 0 Å². The number of nitriles is 1. The largest absolute Gasteiger partial charge is 0.497 e. The second-order valence-electron chi connectivity index (χ2n) is 16.2. The van der Waals surface area contributed by atoms with Crippen LogP contribution in [0.4, 0.5) is 0 Å². The zero-order valence-corrected chi connectivity index (χ0v) is 38.2. The minimum absolute atomic E-state index is 0.0278. The number of aromatic nitrogens is 2. The monoisotopic (exact) mass is 922 g/mol. The molecule has 0 radical (unpaired) electrons. The van der Waals surface area contributed by atoms with E-state index in [9.17, 15) is 35.3 Å². The van der Waals surface area contributed by atoms with Gasteiger partial charge in [-0.3, -0.25) is 14.3 Å². The van der Waals surface area contributed by atoms with E-state index in [1.54, 1.807) is 14.2 Å². The Morgan fingerprint density at radius 1 is 0.862 bits per heavy atom. The van der Waals surface area contributed by atoms with Crippen LogP contribution >= 0.6 is 8.53 Å². The number of methoxy groups -OCH3 is 2. The van der Waals surface area contributed by atoms with Crippen LogP contribution in [0.3, 0.4) is 0 Å². The third kappa shape index (κ3) is 11.3. The molecule has 18 nitrogen and oxygen atoms in total. The van der Waals surface area contributed by atoms with Gasteiger partial charge in [0.25, 0.3) is 14.1 Å². The van der Waals surface area contributed by atoms with E-state index in [-0.39, 0.29) is 43.7 Å². The molecule has 65 heavy (non-hydrogen) atoms. The quantitative estimate of drug-likeness (QED) is 0.0454. The molecule has 2 aliphatic heterocycles. The highest BCUT2D eigenvalue weighted by Crippen LogP contribution is 2.51. The van der Waals surface area contributed by atoms with Gasteiger partial charge in [0.05, 0.1) is 64.8 Å². The number of hydrogen-bond donors (Lipinski definition) is 5. The summed E-state index contributed by atoms with van der Waals surface area (Å²) in [6.07, 6.45) is -8.96. The van der Waals surface area contributed by atoms with Gasteiger partial charge in [0.1, 0.15) is 53.8 Å². The van der Waals surface area contributed by atoms with Crippen LogP contribution in [-0.2, 0) is 40.2 Å². The minimum Gasteiger partial charge on any atom is -0.497 e. The maximum Gasteiger partial charge on any atom is 0.330 e. The topological polar surface area (TPSA) is 237 Å². The average molecular weight is 923 g/mol. The number of nitrogens with zero attached hydrogens (tertiary/aromatic N) is 3. The van der Waals surface area contributed by atoms with Gasteiger partial charge in [0.2, 0.25) is 0 Å². The van der Waals surface area contributed by atoms with Crippen molar-refractivity contribution in [2.45, 2.75) is 114 Å². The first-order chi connectivity index (χ1) is 31.3. The molecule has 1 aromatic heterocycles. The second-order valence-corrected chi connectivity index (χ2v) is 17.6. The fourth-order valence-corrected chi connectivity index (χ4v) is 9.80. The summed E-state index contributed by atoms with van der Waals surface area (Å²) < 4.78 is 52.7. The van der Waals surface area contributed by atoms with Crippen molar-refractivity contribution in [1.82, 2.24) is 14.2 Å². The molecule has 0 spiro atoms. The molecular weight excluding hydrogens is 863 g/mol. The SMILES string of the molecule is COc1ccc(C(OC[C@H]2O[C@@H](n3cc(CO[C@@H]4O[C@H](CO)[C@@H](O)[C@H](O)[C@H]4O)c(=O)[nH]c3=O)C[C@@H]2OP(OCCC#N)N(C(C)C)C(C)C)(c2ccccc2)c2ccc(OC)cc2)cc1. The molecule has 0 saturated carbocycles. The van der Waals surface area contributed by atoms with Gasteiger partial charge in [-0.2, -0.15) is 5.26 Å². The van der Waals surface area contributed by atoms with Gasteiger partial charge in [0.15, 0.2) is 6.29 Å². The number of aromatic amines is 1. The van der Waals surface area contributed by atoms with Crippen LogP contribution in [0.2, 0.25) is 0 Å². The lowest BCUT2D eigenvalue weighted by Crippen LogP contribution is -2.59. The Hall–Kier alpha value is -4.58. The van der Waals surface area contributed by atoms with Gasteiger partial charge in [-0.25, -0.2) is 9.46 Å². The number of aliphatic hydroxyl groups excluding tert-OH is 4. The summed E-state index contributed by atoms with van der Waals surface area (Å²) in [5.74, 6) is 1.30. The van der Waals surface area contributed by atoms with Crippen LogP contribution < -0.4 is 20.7 Å². The van der Waals surface area contributed by atoms with Crippen LogP contribution in [0.15, 0.2) is 94.6 Å². The number of aliphatic hydroxyl groups is 4. The minimum atomic E-state index is -1.81. The molecule has 2 fully saturated rings. The van der Waals surface area contributed by atoms with Gasteiger partial charge < -0.3 is 57.9 Å². The number of ether oxygens (including phenoxy) is 6. The molecule has 3 heterocycles. The van der Waals surface area contributed by atoms with Crippen molar-refractivity contribution >= 4 is 8.53 Å². The number of benzene rings is 3. The fraction of sp³-hybridized carbons (Fsp3) is 0.500. The molecule has 352 valence electrons. The van der Waals surface area contributed by atoms with Crippen LogP contribution in [0, 0.1) is 11.3 Å². The van der Waals surface area contributed by atoms with E-state index in [1.165, 1.54) is 10.8 Å². The Bertz CT molecular complexity index is 2220. The fourth-order valence-electron chi connectivity index (χ4n) is 8.04. The molecular formula is C46H59N4O14P. The summed E-state index contributed by atoms with van der Waals surface area (Å²) in [5, 5.41) is 50.1. The summed E-state index contributed by atoms with van der Waals surface area (Å²) in [5.41, 5.74) is -0.525. The van der Waals surface area contributed by atoms with E-state index in [0.29, 0.717) is 11.5 Å². The summed E-state index contributed by atoms with van der Waals surface area (Å²) in [6, 6.07) is 26.9. The number of rotatable bonds is 21. The highest BCUT2D eigenvalue weighted by Gasteiger charge is 2.46. The van der Waals surface area contributed by atoms with Gasteiger partial charge >= 0.3 is 5.69 Å². The highest BCUT2D eigenvalue weighted by molar-refractivity contribution is 7.44. The van der Waals surface area contributed by atoms with Gasteiger partial charge in [-0.15, -0.1) is 0 Å². The molecule has 2 saturated heterocycles.